The monoisotopic (exact) mass is 208 g/mol. The van der Waals surface area contributed by atoms with Crippen LogP contribution in [-0.4, -0.2) is 8.42 Å². The number of benzene rings is 1. The Hall–Kier alpha value is -0.780. The van der Waals surface area contributed by atoms with Crippen molar-refractivity contribution in [1.82, 2.24) is 0 Å². The molecule has 0 spiro atoms. The summed E-state index contributed by atoms with van der Waals surface area (Å²) in [6.07, 6.45) is 0. The lowest BCUT2D eigenvalue weighted by Gasteiger charge is -2.00. The van der Waals surface area contributed by atoms with Crippen LogP contribution in [0.3, 0.4) is 0 Å². The first-order valence-electron chi connectivity index (χ1n) is 2.93. The molecule has 0 bridgehead atoms. The van der Waals surface area contributed by atoms with Crippen LogP contribution in [0.2, 0.25) is 0 Å². The van der Waals surface area contributed by atoms with E-state index < -0.39 is 10.2 Å². The fourth-order valence-corrected chi connectivity index (χ4v) is 1.14. The third-order valence-electron chi connectivity index (χ3n) is 1.03. The molecule has 0 amide bonds. The molecular weight excluding hydrogens is 200 g/mol. The van der Waals surface area contributed by atoms with E-state index in [2.05, 4.69) is 4.72 Å². The molecule has 4 nitrogen and oxygen atoms in total. The van der Waals surface area contributed by atoms with E-state index in [1.807, 2.05) is 0 Å². The number of rotatable bonds is 2. The van der Waals surface area contributed by atoms with Crippen molar-refractivity contribution in [3.05, 3.63) is 30.3 Å². The minimum absolute atomic E-state index is 0. The smallest absolute Gasteiger partial charge is 0.271 e. The van der Waals surface area contributed by atoms with Crippen LogP contribution in [0.1, 0.15) is 0 Å². The van der Waals surface area contributed by atoms with Gasteiger partial charge in [-0.2, -0.15) is 8.42 Å². The van der Waals surface area contributed by atoms with Gasteiger partial charge in [0.2, 0.25) is 0 Å². The van der Waals surface area contributed by atoms with Crippen LogP contribution in [0.15, 0.2) is 30.3 Å². The molecule has 6 heteroatoms. The van der Waals surface area contributed by atoms with E-state index in [-0.39, 0.29) is 12.4 Å². The fraction of sp³-hybridized carbons (Fsp3) is 0. The van der Waals surface area contributed by atoms with Crippen molar-refractivity contribution in [2.45, 2.75) is 0 Å². The summed E-state index contributed by atoms with van der Waals surface area (Å²) >= 11 is 0. The maximum atomic E-state index is 10.5. The van der Waals surface area contributed by atoms with Gasteiger partial charge in [-0.3, -0.25) is 4.72 Å². The van der Waals surface area contributed by atoms with Crippen molar-refractivity contribution in [2.75, 3.05) is 4.72 Å². The SMILES string of the molecule is Cl.NS(=O)(=O)Nc1ccccc1. The van der Waals surface area contributed by atoms with Gasteiger partial charge in [-0.1, -0.05) is 18.2 Å². The first-order chi connectivity index (χ1) is 5.08. The second-order valence-electron chi connectivity index (χ2n) is 2.01. The van der Waals surface area contributed by atoms with Gasteiger partial charge in [0.25, 0.3) is 10.2 Å². The number of hydrogen-bond donors (Lipinski definition) is 2. The van der Waals surface area contributed by atoms with Gasteiger partial charge in [0.1, 0.15) is 0 Å². The minimum atomic E-state index is -3.63. The van der Waals surface area contributed by atoms with Crippen molar-refractivity contribution in [3.8, 4) is 0 Å². The highest BCUT2D eigenvalue weighted by atomic mass is 35.5. The first-order valence-corrected chi connectivity index (χ1v) is 4.48. The van der Waals surface area contributed by atoms with E-state index >= 15 is 0 Å². The van der Waals surface area contributed by atoms with E-state index in [1.165, 1.54) is 0 Å². The highest BCUT2D eigenvalue weighted by Gasteiger charge is 1.98. The molecule has 0 fully saturated rings. The quantitative estimate of drug-likeness (QED) is 0.752. The minimum Gasteiger partial charge on any atom is -0.271 e. The van der Waals surface area contributed by atoms with Crippen molar-refractivity contribution < 1.29 is 8.42 Å². The summed E-state index contributed by atoms with van der Waals surface area (Å²) in [4.78, 5) is 0. The van der Waals surface area contributed by atoms with Crippen LogP contribution in [0, 0.1) is 0 Å². The number of nitrogens with one attached hydrogen (secondary N) is 1. The van der Waals surface area contributed by atoms with E-state index in [4.69, 9.17) is 5.14 Å². The molecule has 0 unspecified atom stereocenters. The van der Waals surface area contributed by atoms with E-state index in [1.54, 1.807) is 30.3 Å². The molecule has 1 aromatic carbocycles. The Morgan fingerprint density at radius 2 is 1.67 bits per heavy atom. The van der Waals surface area contributed by atoms with Gasteiger partial charge < -0.3 is 0 Å². The molecular formula is C6H9ClN2O2S. The second-order valence-corrected chi connectivity index (χ2v) is 3.31. The highest BCUT2D eigenvalue weighted by molar-refractivity contribution is 7.90. The van der Waals surface area contributed by atoms with Crippen LogP contribution in [0.4, 0.5) is 5.69 Å². The van der Waals surface area contributed by atoms with Crippen LogP contribution >= 0.6 is 12.4 Å². The molecule has 0 atom stereocenters. The van der Waals surface area contributed by atoms with Crippen molar-refractivity contribution in [2.24, 2.45) is 5.14 Å². The topological polar surface area (TPSA) is 72.2 Å². The van der Waals surface area contributed by atoms with E-state index in [0.29, 0.717) is 5.69 Å². The van der Waals surface area contributed by atoms with Gasteiger partial charge >= 0.3 is 0 Å². The van der Waals surface area contributed by atoms with Crippen LogP contribution in [0.5, 0.6) is 0 Å². The highest BCUT2D eigenvalue weighted by Crippen LogP contribution is 2.04. The molecule has 0 radical (unpaired) electrons. The largest absolute Gasteiger partial charge is 0.296 e. The summed E-state index contributed by atoms with van der Waals surface area (Å²) in [5, 5.41) is 4.73. The average molecular weight is 209 g/mol. The zero-order chi connectivity index (χ0) is 8.32. The number of nitrogens with two attached hydrogens (primary N) is 1. The molecule has 0 saturated heterocycles. The molecule has 0 heterocycles. The normalized spacial score (nSPS) is 10.1. The molecule has 0 aliphatic heterocycles. The van der Waals surface area contributed by atoms with Crippen molar-refractivity contribution >= 4 is 28.3 Å². The van der Waals surface area contributed by atoms with Gasteiger partial charge in [0.05, 0.1) is 0 Å². The van der Waals surface area contributed by atoms with Gasteiger partial charge in [-0.05, 0) is 12.1 Å². The number of anilines is 1. The van der Waals surface area contributed by atoms with Crippen molar-refractivity contribution in [3.63, 3.8) is 0 Å². The number of halogens is 1. The molecule has 1 rings (SSSR count). The molecule has 68 valence electrons. The Bertz CT molecular complexity index is 325. The van der Waals surface area contributed by atoms with Gasteiger partial charge in [-0.25, -0.2) is 5.14 Å². The lowest BCUT2D eigenvalue weighted by atomic mass is 10.3. The summed E-state index contributed by atoms with van der Waals surface area (Å²) in [6, 6.07) is 8.45. The summed E-state index contributed by atoms with van der Waals surface area (Å²) in [5.41, 5.74) is 0.468. The van der Waals surface area contributed by atoms with Gasteiger partial charge in [0.15, 0.2) is 0 Å². The predicted molar refractivity (Wildman–Crippen MR) is 50.4 cm³/mol. The Morgan fingerprint density at radius 3 is 2.08 bits per heavy atom. The van der Waals surface area contributed by atoms with Gasteiger partial charge in [0, 0.05) is 5.69 Å². The molecule has 12 heavy (non-hydrogen) atoms. The molecule has 0 aliphatic carbocycles. The predicted octanol–water partition coefficient (Wildman–Crippen LogP) is 0.724. The Morgan fingerprint density at radius 1 is 1.17 bits per heavy atom. The lowest BCUT2D eigenvalue weighted by Crippen LogP contribution is -2.21. The second kappa shape index (κ2) is 4.30. The zero-order valence-electron chi connectivity index (χ0n) is 6.10. The standard InChI is InChI=1S/C6H8N2O2S.ClH/c7-11(9,10)8-6-4-2-1-3-5-6;/h1-5,8H,(H2,7,9,10);1H. The zero-order valence-corrected chi connectivity index (χ0v) is 7.73. The van der Waals surface area contributed by atoms with E-state index in [9.17, 15) is 8.42 Å². The Balaban J connectivity index is 0.00000121. The maximum Gasteiger partial charge on any atom is 0.296 e. The number of para-hydroxylation sites is 1. The van der Waals surface area contributed by atoms with Crippen molar-refractivity contribution in [1.29, 1.82) is 0 Å². The number of hydrogen-bond acceptors (Lipinski definition) is 2. The van der Waals surface area contributed by atoms with Crippen LogP contribution in [-0.2, 0) is 10.2 Å². The van der Waals surface area contributed by atoms with Gasteiger partial charge in [-0.15, -0.1) is 12.4 Å². The Kier molecular flexibility index (Phi) is 4.02. The summed E-state index contributed by atoms with van der Waals surface area (Å²) in [7, 11) is -3.63. The summed E-state index contributed by atoms with van der Waals surface area (Å²) < 4.78 is 23.1. The molecule has 0 saturated carbocycles. The molecule has 0 aromatic heterocycles. The third kappa shape index (κ3) is 4.17. The first kappa shape index (κ1) is 11.2. The molecule has 1 aromatic rings. The Labute approximate surface area is 77.4 Å². The summed E-state index contributed by atoms with van der Waals surface area (Å²) in [5.74, 6) is 0. The lowest BCUT2D eigenvalue weighted by molar-refractivity contribution is 0.603. The third-order valence-corrected chi connectivity index (χ3v) is 1.55. The van der Waals surface area contributed by atoms with E-state index in [0.717, 1.165) is 0 Å². The fourth-order valence-electron chi connectivity index (χ4n) is 0.670. The molecule has 3 N–H and O–H groups in total. The maximum absolute atomic E-state index is 10.5. The van der Waals surface area contributed by atoms with Crippen LogP contribution < -0.4 is 9.86 Å². The molecule has 0 aliphatic rings. The van der Waals surface area contributed by atoms with Crippen LogP contribution in [0.25, 0.3) is 0 Å². The summed E-state index contributed by atoms with van der Waals surface area (Å²) in [6.45, 7) is 0. The average Bonchev–Trinajstić information content (AvgIpc) is 1.85.